The average Bonchev–Trinajstić information content (AvgIpc) is 2.45. The van der Waals surface area contributed by atoms with Crippen molar-refractivity contribution in [1.82, 2.24) is 0 Å². The van der Waals surface area contributed by atoms with Gasteiger partial charge in [0.15, 0.2) is 0 Å². The molecule has 108 valence electrons. The first-order valence-electron chi connectivity index (χ1n) is 5.93. The van der Waals surface area contributed by atoms with Crippen molar-refractivity contribution in [3.63, 3.8) is 0 Å². The van der Waals surface area contributed by atoms with Crippen LogP contribution in [0.2, 0.25) is 0 Å². The Morgan fingerprint density at radius 1 is 1.05 bits per heavy atom. The highest BCUT2D eigenvalue weighted by Gasteiger charge is 2.31. The van der Waals surface area contributed by atoms with Crippen LogP contribution in [0.15, 0.2) is 42.5 Å². The first-order chi connectivity index (χ1) is 9.82. The van der Waals surface area contributed by atoms with Crippen molar-refractivity contribution in [3.05, 3.63) is 59.4 Å². The molecule has 0 N–H and O–H groups in total. The molecule has 2 aromatic rings. The van der Waals surface area contributed by atoms with Gasteiger partial charge in [-0.15, -0.1) is 0 Å². The summed E-state index contributed by atoms with van der Waals surface area (Å²) in [5, 5.41) is 9.04. The van der Waals surface area contributed by atoms with Crippen LogP contribution in [0.1, 0.15) is 11.1 Å². The lowest BCUT2D eigenvalue weighted by atomic mass is 10.1. The number of rotatable bonds is 2. The maximum absolute atomic E-state index is 12.9. The smallest absolute Gasteiger partial charge is 0.344 e. The Morgan fingerprint density at radius 3 is 2.19 bits per heavy atom. The number of halogens is 4. The number of nitriles is 1. The molecule has 2 nitrogen and oxygen atoms in total. The van der Waals surface area contributed by atoms with Crippen molar-refractivity contribution < 1.29 is 17.6 Å². The maximum Gasteiger partial charge on any atom is 0.416 e. The standard InChI is InChI=1S/C15H10F4N2/c1-21(13-5-3-12(16)4-6-13)14-7-2-11(15(17,18)19)8-10(14)9-20/h2-8H,1H3. The van der Waals surface area contributed by atoms with Gasteiger partial charge in [-0.2, -0.15) is 18.4 Å². The Bertz CT molecular complexity index is 684. The predicted octanol–water partition coefficient (Wildman–Crippen LogP) is 4.48. The second-order valence-electron chi connectivity index (χ2n) is 4.38. The van der Waals surface area contributed by atoms with Crippen molar-refractivity contribution >= 4 is 11.4 Å². The number of anilines is 2. The Labute approximate surface area is 118 Å². The monoisotopic (exact) mass is 294 g/mol. The highest BCUT2D eigenvalue weighted by molar-refractivity contribution is 5.69. The summed E-state index contributed by atoms with van der Waals surface area (Å²) in [6, 6.07) is 10.1. The fourth-order valence-electron chi connectivity index (χ4n) is 1.90. The van der Waals surface area contributed by atoms with E-state index >= 15 is 0 Å². The van der Waals surface area contributed by atoms with E-state index in [9.17, 15) is 17.6 Å². The highest BCUT2D eigenvalue weighted by atomic mass is 19.4. The molecule has 6 heteroatoms. The number of benzene rings is 2. The van der Waals surface area contributed by atoms with Crippen molar-refractivity contribution in [3.8, 4) is 6.07 Å². The second kappa shape index (κ2) is 5.44. The lowest BCUT2D eigenvalue weighted by Crippen LogP contribution is -2.13. The van der Waals surface area contributed by atoms with Crippen LogP contribution in [-0.4, -0.2) is 7.05 Å². The van der Waals surface area contributed by atoms with Gasteiger partial charge in [0.25, 0.3) is 0 Å². The van der Waals surface area contributed by atoms with Crippen molar-refractivity contribution in [2.45, 2.75) is 6.18 Å². The molecule has 21 heavy (non-hydrogen) atoms. The largest absolute Gasteiger partial charge is 0.416 e. The first kappa shape index (κ1) is 14.9. The summed E-state index contributed by atoms with van der Waals surface area (Å²) in [6.45, 7) is 0. The summed E-state index contributed by atoms with van der Waals surface area (Å²) < 4.78 is 50.8. The molecule has 0 atom stereocenters. The molecule has 2 aromatic carbocycles. The van der Waals surface area contributed by atoms with Crippen molar-refractivity contribution in [1.29, 1.82) is 5.26 Å². The van der Waals surface area contributed by atoms with Gasteiger partial charge in [-0.3, -0.25) is 0 Å². The zero-order valence-corrected chi connectivity index (χ0v) is 10.9. The molecule has 0 saturated carbocycles. The molecule has 0 saturated heterocycles. The van der Waals surface area contributed by atoms with Crippen LogP contribution in [-0.2, 0) is 6.18 Å². The van der Waals surface area contributed by atoms with Crippen LogP contribution >= 0.6 is 0 Å². The Morgan fingerprint density at radius 2 is 1.67 bits per heavy atom. The van der Waals surface area contributed by atoms with Gasteiger partial charge in [-0.25, -0.2) is 4.39 Å². The summed E-state index contributed by atoms with van der Waals surface area (Å²) in [4.78, 5) is 1.53. The molecular weight excluding hydrogens is 284 g/mol. The number of hydrogen-bond donors (Lipinski definition) is 0. The summed E-state index contributed by atoms with van der Waals surface area (Å²) in [6.07, 6.45) is -4.50. The molecular formula is C15H10F4N2. The van der Waals surface area contributed by atoms with Crippen LogP contribution < -0.4 is 4.90 Å². The number of nitrogens with zero attached hydrogens (tertiary/aromatic N) is 2. The Kier molecular flexibility index (Phi) is 3.85. The molecule has 0 unspecified atom stereocenters. The van der Waals surface area contributed by atoms with Gasteiger partial charge < -0.3 is 4.90 Å². The van der Waals surface area contributed by atoms with Crippen LogP contribution in [0.4, 0.5) is 28.9 Å². The third-order valence-corrected chi connectivity index (χ3v) is 3.02. The van der Waals surface area contributed by atoms with E-state index in [1.807, 2.05) is 0 Å². The predicted molar refractivity (Wildman–Crippen MR) is 70.6 cm³/mol. The minimum Gasteiger partial charge on any atom is -0.344 e. The van der Waals surface area contributed by atoms with E-state index in [4.69, 9.17) is 5.26 Å². The molecule has 0 heterocycles. The van der Waals surface area contributed by atoms with E-state index in [2.05, 4.69) is 0 Å². The van der Waals surface area contributed by atoms with E-state index in [1.54, 1.807) is 13.1 Å². The lowest BCUT2D eigenvalue weighted by Gasteiger charge is -2.21. The minimum absolute atomic E-state index is 0.100. The quantitative estimate of drug-likeness (QED) is 0.763. The molecule has 0 fully saturated rings. The minimum atomic E-state index is -4.50. The van der Waals surface area contributed by atoms with Gasteiger partial charge in [-0.1, -0.05) is 0 Å². The average molecular weight is 294 g/mol. The van der Waals surface area contributed by atoms with Gasteiger partial charge in [0.1, 0.15) is 11.9 Å². The fourth-order valence-corrected chi connectivity index (χ4v) is 1.90. The van der Waals surface area contributed by atoms with E-state index in [1.165, 1.54) is 35.2 Å². The van der Waals surface area contributed by atoms with Crippen LogP contribution in [0, 0.1) is 17.1 Å². The van der Waals surface area contributed by atoms with Crippen LogP contribution in [0.5, 0.6) is 0 Å². The summed E-state index contributed by atoms with van der Waals surface area (Å²) in [5.74, 6) is -0.417. The van der Waals surface area contributed by atoms with Gasteiger partial charge in [-0.05, 0) is 42.5 Å². The van der Waals surface area contributed by atoms with Crippen molar-refractivity contribution in [2.75, 3.05) is 11.9 Å². The maximum atomic E-state index is 12.9. The third kappa shape index (κ3) is 3.14. The van der Waals surface area contributed by atoms with E-state index < -0.39 is 17.6 Å². The molecule has 0 aliphatic carbocycles. The zero-order valence-electron chi connectivity index (χ0n) is 10.9. The number of hydrogen-bond acceptors (Lipinski definition) is 2. The third-order valence-electron chi connectivity index (χ3n) is 3.02. The van der Waals surface area contributed by atoms with Crippen LogP contribution in [0.3, 0.4) is 0 Å². The van der Waals surface area contributed by atoms with Gasteiger partial charge >= 0.3 is 6.18 Å². The molecule has 0 aliphatic heterocycles. The first-order valence-corrected chi connectivity index (χ1v) is 5.93. The zero-order chi connectivity index (χ0) is 15.6. The SMILES string of the molecule is CN(c1ccc(F)cc1)c1ccc(C(F)(F)F)cc1C#N. The second-order valence-corrected chi connectivity index (χ2v) is 4.38. The molecule has 0 spiro atoms. The summed E-state index contributed by atoms with van der Waals surface area (Å²) in [5.41, 5.74) is -0.100. The topological polar surface area (TPSA) is 27.0 Å². The van der Waals surface area contributed by atoms with Crippen molar-refractivity contribution in [2.24, 2.45) is 0 Å². The van der Waals surface area contributed by atoms with E-state index in [-0.39, 0.29) is 5.56 Å². The number of alkyl halides is 3. The molecule has 0 bridgehead atoms. The summed E-state index contributed by atoms with van der Waals surface area (Å²) >= 11 is 0. The lowest BCUT2D eigenvalue weighted by molar-refractivity contribution is -0.137. The fraction of sp³-hybridized carbons (Fsp3) is 0.133. The summed E-state index contributed by atoms with van der Waals surface area (Å²) in [7, 11) is 1.59. The normalized spacial score (nSPS) is 11.0. The van der Waals surface area contributed by atoms with Gasteiger partial charge in [0, 0.05) is 12.7 Å². The van der Waals surface area contributed by atoms with Gasteiger partial charge in [0.2, 0.25) is 0 Å². The van der Waals surface area contributed by atoms with E-state index in [0.717, 1.165) is 12.1 Å². The molecule has 2 rings (SSSR count). The van der Waals surface area contributed by atoms with E-state index in [0.29, 0.717) is 11.4 Å². The Balaban J connectivity index is 2.44. The van der Waals surface area contributed by atoms with Gasteiger partial charge in [0.05, 0.1) is 16.8 Å². The van der Waals surface area contributed by atoms with Crippen LogP contribution in [0.25, 0.3) is 0 Å². The molecule has 0 radical (unpaired) electrons. The Hall–Kier alpha value is -2.55. The molecule has 0 aromatic heterocycles. The highest BCUT2D eigenvalue weighted by Crippen LogP contribution is 2.34. The molecule has 0 aliphatic rings. The molecule has 0 amide bonds.